The monoisotopic (exact) mass is 357 g/mol. The fourth-order valence-corrected chi connectivity index (χ4v) is 2.99. The van der Waals surface area contributed by atoms with Crippen LogP contribution in [0.2, 0.25) is 0 Å². The number of benzene rings is 2. The molecule has 0 aliphatic carbocycles. The zero-order valence-electron chi connectivity index (χ0n) is 14.7. The first kappa shape index (κ1) is 19.1. The predicted molar refractivity (Wildman–Crippen MR) is 100 cm³/mol. The number of nitrogens with one attached hydrogen (secondary N) is 1. The summed E-state index contributed by atoms with van der Waals surface area (Å²) in [4.78, 5) is 25.2. The van der Waals surface area contributed by atoms with Crippen molar-refractivity contribution in [2.75, 3.05) is 0 Å². The van der Waals surface area contributed by atoms with Crippen LogP contribution < -0.4 is 5.32 Å². The Morgan fingerprint density at radius 3 is 2.32 bits per heavy atom. The fourth-order valence-electron chi connectivity index (χ4n) is 2.11. The van der Waals surface area contributed by atoms with Crippen molar-refractivity contribution in [2.45, 2.75) is 43.6 Å². The van der Waals surface area contributed by atoms with Crippen LogP contribution in [-0.4, -0.2) is 23.2 Å². The van der Waals surface area contributed by atoms with Gasteiger partial charge in [-0.2, -0.15) is 0 Å². The van der Waals surface area contributed by atoms with E-state index < -0.39 is 12.1 Å². The van der Waals surface area contributed by atoms with Crippen molar-refractivity contribution >= 4 is 23.6 Å². The van der Waals surface area contributed by atoms with Gasteiger partial charge in [0, 0.05) is 11.4 Å². The molecule has 1 amide bonds. The first-order valence-corrected chi connectivity index (χ1v) is 9.09. The maximum Gasteiger partial charge on any atom is 0.319 e. The molecule has 0 aliphatic rings. The lowest BCUT2D eigenvalue weighted by Crippen LogP contribution is -2.36. The maximum atomic E-state index is 12.2. The molecule has 25 heavy (non-hydrogen) atoms. The minimum atomic E-state index is -0.822. The van der Waals surface area contributed by atoms with E-state index >= 15 is 0 Å². The van der Waals surface area contributed by atoms with Gasteiger partial charge in [-0.1, -0.05) is 48.0 Å². The minimum absolute atomic E-state index is 0.300. The number of hydrogen-bond acceptors (Lipinski definition) is 4. The summed E-state index contributed by atoms with van der Waals surface area (Å²) in [6.07, 6.45) is -0.822. The summed E-state index contributed by atoms with van der Waals surface area (Å²) < 4.78 is 5.28. The van der Waals surface area contributed by atoms with E-state index in [-0.39, 0.29) is 11.2 Å². The molecule has 1 N–H and O–H groups in total. The zero-order valence-corrected chi connectivity index (χ0v) is 15.5. The molecule has 0 spiro atoms. The van der Waals surface area contributed by atoms with Crippen LogP contribution in [0.15, 0.2) is 59.5 Å². The minimum Gasteiger partial charge on any atom is -0.452 e. The number of thioether (sulfide) groups is 1. The van der Waals surface area contributed by atoms with Crippen LogP contribution in [0.25, 0.3) is 0 Å². The highest BCUT2D eigenvalue weighted by atomic mass is 32.2. The molecule has 2 aromatic carbocycles. The van der Waals surface area contributed by atoms with Gasteiger partial charge in [0.05, 0.1) is 0 Å². The van der Waals surface area contributed by atoms with Crippen molar-refractivity contribution in [3.8, 4) is 0 Å². The van der Waals surface area contributed by atoms with Gasteiger partial charge in [0.2, 0.25) is 0 Å². The Kier molecular flexibility index (Phi) is 7.07. The highest BCUT2D eigenvalue weighted by Gasteiger charge is 2.22. The predicted octanol–water partition coefficient (Wildman–Crippen LogP) is 3.72. The average Bonchev–Trinajstić information content (AvgIpc) is 2.61. The molecule has 0 bridgehead atoms. The molecule has 0 heterocycles. The lowest BCUT2D eigenvalue weighted by Gasteiger charge is -2.16. The Bertz CT molecular complexity index is 701. The summed E-state index contributed by atoms with van der Waals surface area (Å²) in [5.74, 6) is -0.697. The highest BCUT2D eigenvalue weighted by Crippen LogP contribution is 2.23. The van der Waals surface area contributed by atoms with Crippen molar-refractivity contribution in [3.63, 3.8) is 0 Å². The second-order valence-corrected chi connectivity index (χ2v) is 7.27. The topological polar surface area (TPSA) is 55.4 Å². The molecule has 4 nitrogen and oxygen atoms in total. The molecule has 2 rings (SSSR count). The van der Waals surface area contributed by atoms with Crippen molar-refractivity contribution in [2.24, 2.45) is 0 Å². The lowest BCUT2D eigenvalue weighted by molar-refractivity contribution is -0.154. The van der Waals surface area contributed by atoms with E-state index in [4.69, 9.17) is 4.74 Å². The normalized spacial score (nSPS) is 12.9. The molecule has 2 aromatic rings. The van der Waals surface area contributed by atoms with Gasteiger partial charge in [0.25, 0.3) is 5.91 Å². The van der Waals surface area contributed by atoms with Gasteiger partial charge < -0.3 is 10.1 Å². The quantitative estimate of drug-likeness (QED) is 0.606. The summed E-state index contributed by atoms with van der Waals surface area (Å²) in [5.41, 5.74) is 2.17. The summed E-state index contributed by atoms with van der Waals surface area (Å²) in [7, 11) is 0. The SMILES string of the molecule is Cc1ccc(CNC(=O)[C@H](C)OC(=O)[C@@H](C)Sc2ccccc2)cc1. The third-order valence-electron chi connectivity index (χ3n) is 3.64. The number of rotatable bonds is 7. The Morgan fingerprint density at radius 1 is 1.04 bits per heavy atom. The van der Waals surface area contributed by atoms with E-state index in [1.54, 1.807) is 13.8 Å². The summed E-state index contributed by atoms with van der Waals surface area (Å²) in [6, 6.07) is 17.5. The molecular weight excluding hydrogens is 334 g/mol. The molecule has 2 atom stereocenters. The van der Waals surface area contributed by atoms with Crippen LogP contribution in [-0.2, 0) is 20.9 Å². The Hall–Kier alpha value is -2.27. The van der Waals surface area contributed by atoms with Crippen molar-refractivity contribution in [3.05, 3.63) is 65.7 Å². The smallest absolute Gasteiger partial charge is 0.319 e. The molecule has 0 unspecified atom stereocenters. The van der Waals surface area contributed by atoms with Gasteiger partial charge in [0.1, 0.15) is 5.25 Å². The van der Waals surface area contributed by atoms with E-state index in [0.29, 0.717) is 6.54 Å². The Balaban J connectivity index is 1.79. The van der Waals surface area contributed by atoms with Crippen LogP contribution in [0.5, 0.6) is 0 Å². The van der Waals surface area contributed by atoms with Gasteiger partial charge in [-0.25, -0.2) is 0 Å². The second kappa shape index (κ2) is 9.28. The number of carbonyl (C=O) groups excluding carboxylic acids is 2. The molecule has 0 saturated carbocycles. The number of ether oxygens (including phenoxy) is 1. The van der Waals surface area contributed by atoms with Crippen molar-refractivity contribution in [1.29, 1.82) is 0 Å². The summed E-state index contributed by atoms with van der Waals surface area (Å²) in [6.45, 7) is 5.78. The maximum absolute atomic E-state index is 12.2. The third-order valence-corrected chi connectivity index (χ3v) is 4.73. The Morgan fingerprint density at radius 2 is 1.68 bits per heavy atom. The van der Waals surface area contributed by atoms with Crippen molar-refractivity contribution < 1.29 is 14.3 Å². The van der Waals surface area contributed by atoms with E-state index in [1.165, 1.54) is 17.3 Å². The zero-order chi connectivity index (χ0) is 18.2. The number of aryl methyl sites for hydroxylation is 1. The summed E-state index contributed by atoms with van der Waals surface area (Å²) in [5, 5.41) is 2.41. The molecule has 132 valence electrons. The molecule has 0 aromatic heterocycles. The molecule has 0 fully saturated rings. The van der Waals surface area contributed by atoms with Crippen LogP contribution in [0, 0.1) is 6.92 Å². The van der Waals surface area contributed by atoms with E-state index in [9.17, 15) is 9.59 Å². The third kappa shape index (κ3) is 6.27. The van der Waals surface area contributed by atoms with Crippen LogP contribution in [0.1, 0.15) is 25.0 Å². The number of amides is 1. The number of carbonyl (C=O) groups is 2. The van der Waals surface area contributed by atoms with Gasteiger partial charge in [-0.05, 0) is 38.5 Å². The van der Waals surface area contributed by atoms with Crippen LogP contribution in [0.4, 0.5) is 0 Å². The van der Waals surface area contributed by atoms with Gasteiger partial charge in [-0.15, -0.1) is 11.8 Å². The van der Waals surface area contributed by atoms with Gasteiger partial charge in [0.15, 0.2) is 6.10 Å². The largest absolute Gasteiger partial charge is 0.452 e. The second-order valence-electron chi connectivity index (χ2n) is 5.86. The number of hydrogen-bond donors (Lipinski definition) is 1. The van der Waals surface area contributed by atoms with E-state index in [2.05, 4.69) is 5.32 Å². The van der Waals surface area contributed by atoms with Gasteiger partial charge >= 0.3 is 5.97 Å². The molecule has 0 aliphatic heterocycles. The number of esters is 1. The van der Waals surface area contributed by atoms with Crippen LogP contribution in [0.3, 0.4) is 0 Å². The highest BCUT2D eigenvalue weighted by molar-refractivity contribution is 8.00. The van der Waals surface area contributed by atoms with E-state index in [1.807, 2.05) is 61.5 Å². The van der Waals surface area contributed by atoms with E-state index in [0.717, 1.165) is 10.5 Å². The first-order chi connectivity index (χ1) is 12.0. The first-order valence-electron chi connectivity index (χ1n) is 8.21. The molecule has 5 heteroatoms. The van der Waals surface area contributed by atoms with Crippen molar-refractivity contribution in [1.82, 2.24) is 5.32 Å². The molecule has 0 saturated heterocycles. The Labute approximate surface area is 153 Å². The van der Waals surface area contributed by atoms with Crippen LogP contribution >= 0.6 is 11.8 Å². The standard InChI is InChI=1S/C20H23NO3S/c1-14-9-11-17(12-10-14)13-21-19(22)15(2)24-20(23)16(3)25-18-7-5-4-6-8-18/h4-12,15-16H,13H2,1-3H3,(H,21,22)/t15-,16+/m0/s1. The average molecular weight is 357 g/mol. The lowest BCUT2D eigenvalue weighted by atomic mass is 10.1. The molecule has 0 radical (unpaired) electrons. The molecular formula is C20H23NO3S. The summed E-state index contributed by atoms with van der Waals surface area (Å²) >= 11 is 1.41. The van der Waals surface area contributed by atoms with Gasteiger partial charge in [-0.3, -0.25) is 9.59 Å². The fraction of sp³-hybridized carbons (Fsp3) is 0.300.